The molecular formula is C25H36O4. The van der Waals surface area contributed by atoms with E-state index < -0.39 is 5.97 Å². The number of hydrogen-bond acceptors (Lipinski definition) is 4. The third kappa shape index (κ3) is 9.03. The molecule has 0 unspecified atom stereocenters. The Morgan fingerprint density at radius 1 is 1.10 bits per heavy atom. The second kappa shape index (κ2) is 11.5. The van der Waals surface area contributed by atoms with Crippen LogP contribution in [0.1, 0.15) is 76.2 Å². The standard InChI is InChI=1S/C15H24.C10H12O4/c1-13-7-5-8-14(2)10-12-15(3,4)11-6-9-13;1-3-14-10(13)9-6(2)4-7(11)5-8(9)12/h6-7,10-11H,5,8-9,12H2,1-4H3;4-5,11-12H,3H2,1-2H3. The summed E-state index contributed by atoms with van der Waals surface area (Å²) in [5.74, 6) is -0.920. The Balaban J connectivity index is 0.000000291. The van der Waals surface area contributed by atoms with Crippen LogP contribution in [0.5, 0.6) is 11.5 Å². The molecule has 0 aromatic heterocycles. The Labute approximate surface area is 175 Å². The van der Waals surface area contributed by atoms with Crippen LogP contribution < -0.4 is 0 Å². The Hall–Kier alpha value is -2.49. The normalized spacial score (nSPS) is 16.5. The van der Waals surface area contributed by atoms with Gasteiger partial charge >= 0.3 is 5.97 Å². The maximum Gasteiger partial charge on any atom is 0.342 e. The second-order valence-electron chi connectivity index (χ2n) is 8.32. The van der Waals surface area contributed by atoms with Crippen molar-refractivity contribution in [1.82, 2.24) is 0 Å². The SMILES string of the molecule is CC1=CCCC(C)=CCC(C)(C)C=CC1.CCOC(=O)c1c(C)cc(O)cc1O. The van der Waals surface area contributed by atoms with Crippen molar-refractivity contribution in [2.45, 2.75) is 67.2 Å². The lowest BCUT2D eigenvalue weighted by Crippen LogP contribution is -2.06. The first-order valence-corrected chi connectivity index (χ1v) is 10.2. The van der Waals surface area contributed by atoms with E-state index in [1.165, 1.54) is 30.1 Å². The van der Waals surface area contributed by atoms with Gasteiger partial charge in [-0.15, -0.1) is 0 Å². The van der Waals surface area contributed by atoms with E-state index in [1.54, 1.807) is 13.8 Å². The van der Waals surface area contributed by atoms with Crippen LogP contribution in [0.3, 0.4) is 0 Å². The summed E-state index contributed by atoms with van der Waals surface area (Å²) in [6.07, 6.45) is 14.1. The molecule has 1 aromatic carbocycles. The minimum absolute atomic E-state index is 0.0759. The molecule has 4 nitrogen and oxygen atoms in total. The van der Waals surface area contributed by atoms with Crippen LogP contribution in [0.4, 0.5) is 0 Å². The molecule has 0 spiro atoms. The average molecular weight is 401 g/mol. The van der Waals surface area contributed by atoms with Gasteiger partial charge in [-0.3, -0.25) is 0 Å². The molecule has 1 aliphatic carbocycles. The highest BCUT2D eigenvalue weighted by molar-refractivity contribution is 5.94. The zero-order valence-corrected chi connectivity index (χ0v) is 18.7. The summed E-state index contributed by atoms with van der Waals surface area (Å²) in [5.41, 5.74) is 3.93. The molecule has 0 saturated heterocycles. The lowest BCUT2D eigenvalue weighted by atomic mass is 9.87. The van der Waals surface area contributed by atoms with Crippen molar-refractivity contribution in [3.8, 4) is 11.5 Å². The summed E-state index contributed by atoms with van der Waals surface area (Å²) in [5, 5.41) is 18.5. The number of phenolic OH excluding ortho intramolecular Hbond substituents is 2. The summed E-state index contributed by atoms with van der Waals surface area (Å²) in [4.78, 5) is 11.3. The molecule has 0 radical (unpaired) electrons. The molecule has 2 N–H and O–H groups in total. The van der Waals surface area contributed by atoms with Gasteiger partial charge in [0.1, 0.15) is 17.1 Å². The quantitative estimate of drug-likeness (QED) is 0.432. The number of phenols is 2. The summed E-state index contributed by atoms with van der Waals surface area (Å²) < 4.78 is 4.75. The minimum Gasteiger partial charge on any atom is -0.508 e. The van der Waals surface area contributed by atoms with Gasteiger partial charge in [0.15, 0.2) is 0 Å². The van der Waals surface area contributed by atoms with Gasteiger partial charge in [-0.1, -0.05) is 49.3 Å². The molecule has 0 amide bonds. The molecule has 160 valence electrons. The van der Waals surface area contributed by atoms with Crippen molar-refractivity contribution in [1.29, 1.82) is 0 Å². The topological polar surface area (TPSA) is 66.8 Å². The largest absolute Gasteiger partial charge is 0.508 e. The van der Waals surface area contributed by atoms with E-state index in [-0.39, 0.29) is 23.7 Å². The van der Waals surface area contributed by atoms with E-state index in [2.05, 4.69) is 52.0 Å². The van der Waals surface area contributed by atoms with Gasteiger partial charge in [0, 0.05) is 6.07 Å². The number of benzene rings is 1. The van der Waals surface area contributed by atoms with E-state index >= 15 is 0 Å². The molecule has 0 saturated carbocycles. The monoisotopic (exact) mass is 400 g/mol. The van der Waals surface area contributed by atoms with Gasteiger partial charge < -0.3 is 14.9 Å². The van der Waals surface area contributed by atoms with Crippen LogP contribution in [-0.2, 0) is 4.74 Å². The van der Waals surface area contributed by atoms with Crippen LogP contribution in [0.15, 0.2) is 47.6 Å². The second-order valence-corrected chi connectivity index (χ2v) is 8.32. The van der Waals surface area contributed by atoms with Crippen molar-refractivity contribution in [2.75, 3.05) is 6.61 Å². The molecule has 4 heteroatoms. The summed E-state index contributed by atoms with van der Waals surface area (Å²) in [6, 6.07) is 2.51. The Bertz CT molecular complexity index is 759. The van der Waals surface area contributed by atoms with Gasteiger partial charge in [-0.25, -0.2) is 4.79 Å². The number of allylic oxidation sites excluding steroid dienone is 6. The molecule has 0 fully saturated rings. The Kier molecular flexibility index (Phi) is 9.73. The van der Waals surface area contributed by atoms with Crippen molar-refractivity contribution in [2.24, 2.45) is 5.41 Å². The van der Waals surface area contributed by atoms with Gasteiger partial charge in [0.2, 0.25) is 0 Å². The van der Waals surface area contributed by atoms with E-state index in [9.17, 15) is 9.90 Å². The Morgan fingerprint density at radius 3 is 2.41 bits per heavy atom. The number of aryl methyl sites for hydroxylation is 1. The fourth-order valence-corrected chi connectivity index (χ4v) is 3.02. The third-order valence-electron chi connectivity index (χ3n) is 4.80. The Morgan fingerprint density at radius 2 is 1.79 bits per heavy atom. The molecule has 0 aliphatic heterocycles. The van der Waals surface area contributed by atoms with E-state index in [4.69, 9.17) is 9.84 Å². The van der Waals surface area contributed by atoms with E-state index in [0.717, 1.165) is 18.9 Å². The van der Waals surface area contributed by atoms with Gasteiger partial charge in [-0.2, -0.15) is 0 Å². The predicted molar refractivity (Wildman–Crippen MR) is 119 cm³/mol. The first-order valence-electron chi connectivity index (χ1n) is 10.2. The molecular weight excluding hydrogens is 364 g/mol. The molecule has 0 atom stereocenters. The maximum atomic E-state index is 11.3. The van der Waals surface area contributed by atoms with Crippen LogP contribution in [0.2, 0.25) is 0 Å². The molecule has 0 bridgehead atoms. The predicted octanol–water partition coefficient (Wildman–Crippen LogP) is 6.62. The zero-order chi connectivity index (χ0) is 22.0. The lowest BCUT2D eigenvalue weighted by Gasteiger charge is -2.18. The van der Waals surface area contributed by atoms with Crippen molar-refractivity contribution >= 4 is 5.97 Å². The molecule has 1 aliphatic rings. The van der Waals surface area contributed by atoms with Crippen molar-refractivity contribution in [3.05, 3.63) is 58.7 Å². The number of carbonyl (C=O) groups is 1. The molecule has 29 heavy (non-hydrogen) atoms. The number of aromatic hydroxyl groups is 2. The number of hydrogen-bond donors (Lipinski definition) is 2. The van der Waals surface area contributed by atoms with Crippen LogP contribution in [-0.4, -0.2) is 22.8 Å². The highest BCUT2D eigenvalue weighted by atomic mass is 16.5. The van der Waals surface area contributed by atoms with Crippen molar-refractivity contribution in [3.63, 3.8) is 0 Å². The highest BCUT2D eigenvalue weighted by Crippen LogP contribution is 2.27. The summed E-state index contributed by atoms with van der Waals surface area (Å²) in [6.45, 7) is 12.7. The average Bonchev–Trinajstić information content (AvgIpc) is 2.61. The molecule has 0 heterocycles. The smallest absolute Gasteiger partial charge is 0.342 e. The lowest BCUT2D eigenvalue weighted by molar-refractivity contribution is 0.0522. The van der Waals surface area contributed by atoms with Crippen molar-refractivity contribution < 1.29 is 19.7 Å². The number of esters is 1. The van der Waals surface area contributed by atoms with E-state index in [0.29, 0.717) is 11.0 Å². The molecule has 2 rings (SSSR count). The van der Waals surface area contributed by atoms with Gasteiger partial charge in [-0.05, 0) is 70.4 Å². The third-order valence-corrected chi connectivity index (χ3v) is 4.80. The zero-order valence-electron chi connectivity index (χ0n) is 18.7. The molecule has 1 aromatic rings. The maximum absolute atomic E-state index is 11.3. The summed E-state index contributed by atoms with van der Waals surface area (Å²) in [7, 11) is 0. The first kappa shape index (κ1) is 24.5. The van der Waals surface area contributed by atoms with Crippen LogP contribution in [0, 0.1) is 12.3 Å². The fourth-order valence-electron chi connectivity index (χ4n) is 3.02. The first-order chi connectivity index (χ1) is 13.6. The van der Waals surface area contributed by atoms with E-state index in [1.807, 2.05) is 0 Å². The van der Waals surface area contributed by atoms with Gasteiger partial charge in [0.05, 0.1) is 6.61 Å². The number of rotatable bonds is 2. The van der Waals surface area contributed by atoms with Crippen LogP contribution >= 0.6 is 0 Å². The number of ether oxygens (including phenoxy) is 1. The number of carbonyl (C=O) groups excluding carboxylic acids is 1. The van der Waals surface area contributed by atoms with Crippen LogP contribution in [0.25, 0.3) is 0 Å². The fraction of sp³-hybridized carbons (Fsp3) is 0.480. The highest BCUT2D eigenvalue weighted by Gasteiger charge is 2.16. The summed E-state index contributed by atoms with van der Waals surface area (Å²) >= 11 is 0. The minimum atomic E-state index is -0.581. The van der Waals surface area contributed by atoms with Gasteiger partial charge in [0.25, 0.3) is 0 Å².